The van der Waals surface area contributed by atoms with Crippen molar-refractivity contribution >= 4 is 41.8 Å². The van der Waals surface area contributed by atoms with Gasteiger partial charge in [-0.3, -0.25) is 4.79 Å². The smallest absolute Gasteiger partial charge is 0.243 e. The standard InChI is InChI=1S/C9H16N2OS2.ClH/c10-9(2-1-3-9)6-11-7(12)8-13-4-5-14-8;/h8H,1-6,10H2,(H,11,12);1H. The van der Waals surface area contributed by atoms with Crippen molar-refractivity contribution in [3.05, 3.63) is 0 Å². The van der Waals surface area contributed by atoms with Crippen LogP contribution in [0.1, 0.15) is 19.3 Å². The summed E-state index contributed by atoms with van der Waals surface area (Å²) in [5, 5.41) is 2.96. The largest absolute Gasteiger partial charge is 0.353 e. The topological polar surface area (TPSA) is 55.1 Å². The Hall–Kier alpha value is 0.420. The normalized spacial score (nSPS) is 24.1. The summed E-state index contributed by atoms with van der Waals surface area (Å²) in [7, 11) is 0. The van der Waals surface area contributed by atoms with Crippen molar-refractivity contribution in [3.63, 3.8) is 0 Å². The van der Waals surface area contributed by atoms with Gasteiger partial charge in [0.1, 0.15) is 4.58 Å². The summed E-state index contributed by atoms with van der Waals surface area (Å²) in [6, 6.07) is 0. The molecule has 1 saturated heterocycles. The van der Waals surface area contributed by atoms with Crippen LogP contribution in [0.15, 0.2) is 0 Å². The minimum absolute atomic E-state index is 0. The summed E-state index contributed by atoms with van der Waals surface area (Å²) >= 11 is 3.47. The van der Waals surface area contributed by atoms with E-state index in [2.05, 4.69) is 5.32 Å². The molecule has 1 heterocycles. The van der Waals surface area contributed by atoms with Gasteiger partial charge in [0.15, 0.2) is 0 Å². The molecule has 2 rings (SSSR count). The highest BCUT2D eigenvalue weighted by Crippen LogP contribution is 2.32. The number of rotatable bonds is 3. The highest BCUT2D eigenvalue weighted by Gasteiger charge is 2.33. The maximum atomic E-state index is 11.6. The molecule has 0 aromatic carbocycles. The van der Waals surface area contributed by atoms with E-state index in [0.29, 0.717) is 6.54 Å². The number of halogens is 1. The molecule has 2 fully saturated rings. The second-order valence-corrected chi connectivity index (χ2v) is 6.73. The summed E-state index contributed by atoms with van der Waals surface area (Å²) in [5.74, 6) is 2.35. The summed E-state index contributed by atoms with van der Waals surface area (Å²) in [4.78, 5) is 11.6. The van der Waals surface area contributed by atoms with Crippen molar-refractivity contribution < 1.29 is 4.79 Å². The first-order chi connectivity index (χ1) is 6.70. The molecule has 1 aliphatic heterocycles. The Kier molecular flexibility index (Phi) is 5.09. The van der Waals surface area contributed by atoms with E-state index in [9.17, 15) is 4.79 Å². The maximum absolute atomic E-state index is 11.6. The summed E-state index contributed by atoms with van der Waals surface area (Å²) in [6.45, 7) is 0.656. The molecule has 0 atom stereocenters. The van der Waals surface area contributed by atoms with Gasteiger partial charge in [-0.2, -0.15) is 0 Å². The monoisotopic (exact) mass is 268 g/mol. The van der Waals surface area contributed by atoms with Crippen molar-refractivity contribution in [2.75, 3.05) is 18.1 Å². The average molecular weight is 269 g/mol. The van der Waals surface area contributed by atoms with Crippen LogP contribution in [0.3, 0.4) is 0 Å². The number of carbonyl (C=O) groups is 1. The van der Waals surface area contributed by atoms with Gasteiger partial charge in [0.05, 0.1) is 0 Å². The van der Waals surface area contributed by atoms with Crippen molar-refractivity contribution in [2.24, 2.45) is 5.73 Å². The van der Waals surface area contributed by atoms with Crippen LogP contribution in [-0.4, -0.2) is 34.1 Å². The third kappa shape index (κ3) is 3.44. The molecule has 3 nitrogen and oxygen atoms in total. The number of hydrogen-bond donors (Lipinski definition) is 2. The first-order valence-electron chi connectivity index (χ1n) is 4.99. The Morgan fingerprint density at radius 3 is 2.47 bits per heavy atom. The Labute approximate surface area is 105 Å². The maximum Gasteiger partial charge on any atom is 0.243 e. The second kappa shape index (κ2) is 5.66. The molecular weight excluding hydrogens is 252 g/mol. The molecule has 2 aliphatic rings. The number of thioether (sulfide) groups is 2. The molecule has 6 heteroatoms. The molecule has 1 aliphatic carbocycles. The van der Waals surface area contributed by atoms with Crippen LogP contribution < -0.4 is 11.1 Å². The van der Waals surface area contributed by atoms with E-state index in [-0.39, 0.29) is 28.4 Å². The number of nitrogens with one attached hydrogen (secondary N) is 1. The van der Waals surface area contributed by atoms with Crippen LogP contribution >= 0.6 is 35.9 Å². The molecule has 0 aromatic rings. The van der Waals surface area contributed by atoms with E-state index < -0.39 is 0 Å². The summed E-state index contributed by atoms with van der Waals surface area (Å²) in [6.07, 6.45) is 3.32. The predicted molar refractivity (Wildman–Crippen MR) is 69.7 cm³/mol. The molecule has 0 unspecified atom stereocenters. The van der Waals surface area contributed by atoms with E-state index in [0.717, 1.165) is 24.3 Å². The van der Waals surface area contributed by atoms with Gasteiger partial charge in [0, 0.05) is 23.6 Å². The zero-order valence-electron chi connectivity index (χ0n) is 8.53. The van der Waals surface area contributed by atoms with Crippen molar-refractivity contribution in [2.45, 2.75) is 29.4 Å². The lowest BCUT2D eigenvalue weighted by Crippen LogP contribution is -2.55. The summed E-state index contributed by atoms with van der Waals surface area (Å²) < 4.78 is 0.110. The van der Waals surface area contributed by atoms with Crippen LogP contribution in [0.25, 0.3) is 0 Å². The molecule has 3 N–H and O–H groups in total. The third-order valence-corrected chi connectivity index (χ3v) is 5.79. The number of amides is 1. The first kappa shape index (κ1) is 13.5. The zero-order chi connectivity index (χ0) is 10.0. The molecular formula is C9H17ClN2OS2. The Morgan fingerprint density at radius 1 is 1.40 bits per heavy atom. The molecule has 1 saturated carbocycles. The predicted octanol–water partition coefficient (Wildman–Crippen LogP) is 1.21. The SMILES string of the molecule is Cl.NC1(CNC(=O)C2SCCS2)CCC1. The Morgan fingerprint density at radius 2 is 2.00 bits per heavy atom. The second-order valence-electron chi connectivity index (χ2n) is 4.01. The van der Waals surface area contributed by atoms with Gasteiger partial charge in [-0.25, -0.2) is 0 Å². The lowest BCUT2D eigenvalue weighted by Gasteiger charge is -2.38. The lowest BCUT2D eigenvalue weighted by atomic mass is 9.78. The van der Waals surface area contributed by atoms with Gasteiger partial charge >= 0.3 is 0 Å². The van der Waals surface area contributed by atoms with Crippen LogP contribution in [0.2, 0.25) is 0 Å². The van der Waals surface area contributed by atoms with E-state index in [1.807, 2.05) is 0 Å². The highest BCUT2D eigenvalue weighted by molar-refractivity contribution is 8.21. The lowest BCUT2D eigenvalue weighted by molar-refractivity contribution is -0.119. The van der Waals surface area contributed by atoms with Crippen molar-refractivity contribution in [1.29, 1.82) is 0 Å². The number of hydrogen-bond acceptors (Lipinski definition) is 4. The quantitative estimate of drug-likeness (QED) is 0.808. The zero-order valence-corrected chi connectivity index (χ0v) is 11.0. The fraction of sp³-hybridized carbons (Fsp3) is 0.889. The van der Waals surface area contributed by atoms with Gasteiger partial charge in [0.2, 0.25) is 5.91 Å². The Balaban J connectivity index is 0.00000112. The van der Waals surface area contributed by atoms with E-state index >= 15 is 0 Å². The molecule has 0 radical (unpaired) electrons. The molecule has 0 spiro atoms. The van der Waals surface area contributed by atoms with E-state index in [1.165, 1.54) is 6.42 Å². The van der Waals surface area contributed by atoms with Crippen molar-refractivity contribution in [1.82, 2.24) is 5.32 Å². The first-order valence-corrected chi connectivity index (χ1v) is 7.09. The minimum atomic E-state index is -0.0937. The van der Waals surface area contributed by atoms with Crippen LogP contribution in [-0.2, 0) is 4.79 Å². The Bertz CT molecular complexity index is 230. The fourth-order valence-corrected chi connectivity index (χ4v) is 4.29. The molecule has 1 amide bonds. The fourth-order valence-electron chi connectivity index (χ4n) is 1.66. The third-order valence-electron chi connectivity index (χ3n) is 2.80. The van der Waals surface area contributed by atoms with Gasteiger partial charge in [-0.1, -0.05) is 0 Å². The van der Waals surface area contributed by atoms with Crippen LogP contribution in [0.4, 0.5) is 0 Å². The van der Waals surface area contributed by atoms with Gasteiger partial charge in [0.25, 0.3) is 0 Å². The van der Waals surface area contributed by atoms with Crippen LogP contribution in [0, 0.1) is 0 Å². The van der Waals surface area contributed by atoms with Gasteiger partial charge < -0.3 is 11.1 Å². The van der Waals surface area contributed by atoms with E-state index in [4.69, 9.17) is 5.73 Å². The molecule has 0 bridgehead atoms. The average Bonchev–Trinajstić information content (AvgIpc) is 2.63. The summed E-state index contributed by atoms with van der Waals surface area (Å²) in [5.41, 5.74) is 5.93. The number of nitrogens with two attached hydrogens (primary N) is 1. The molecule has 0 aromatic heterocycles. The van der Waals surface area contributed by atoms with Gasteiger partial charge in [-0.15, -0.1) is 35.9 Å². The highest BCUT2D eigenvalue weighted by atomic mass is 35.5. The number of carbonyl (C=O) groups excluding carboxylic acids is 1. The van der Waals surface area contributed by atoms with Crippen molar-refractivity contribution in [3.8, 4) is 0 Å². The van der Waals surface area contributed by atoms with Crippen LogP contribution in [0.5, 0.6) is 0 Å². The van der Waals surface area contributed by atoms with Gasteiger partial charge in [-0.05, 0) is 19.3 Å². The molecule has 15 heavy (non-hydrogen) atoms. The minimum Gasteiger partial charge on any atom is -0.353 e. The molecule has 88 valence electrons. The van der Waals surface area contributed by atoms with E-state index in [1.54, 1.807) is 23.5 Å².